The number of imide groups is 1. The molecule has 1 atom stereocenters. The van der Waals surface area contributed by atoms with Gasteiger partial charge in [0.1, 0.15) is 6.04 Å². The van der Waals surface area contributed by atoms with Crippen LogP contribution in [0.1, 0.15) is 13.8 Å². The lowest BCUT2D eigenvalue weighted by Crippen LogP contribution is -2.34. The SMILES string of the molecule is CC(C)[C@H]1NC(=O)N(c2ccccc2)C1=O. The zero-order valence-corrected chi connectivity index (χ0v) is 9.31. The standard InChI is InChI=1S/C12H14N2O2/c1-8(2)10-11(15)14(12(16)13-10)9-6-4-3-5-7-9/h3-8,10H,1-2H3,(H,13,16)/t10-/m1/s1. The quantitative estimate of drug-likeness (QED) is 0.769. The summed E-state index contributed by atoms with van der Waals surface area (Å²) in [5.74, 6) is -0.0728. The molecule has 1 N–H and O–H groups in total. The minimum atomic E-state index is -0.410. The first-order chi connectivity index (χ1) is 7.61. The Bertz CT molecular complexity index is 414. The molecule has 0 aliphatic carbocycles. The van der Waals surface area contributed by atoms with Gasteiger partial charge in [0.2, 0.25) is 0 Å². The van der Waals surface area contributed by atoms with Gasteiger partial charge in [-0.2, -0.15) is 0 Å². The maximum absolute atomic E-state index is 12.0. The number of nitrogens with zero attached hydrogens (tertiary/aromatic N) is 1. The number of benzene rings is 1. The van der Waals surface area contributed by atoms with Crippen molar-refractivity contribution in [3.05, 3.63) is 30.3 Å². The average Bonchev–Trinajstić information content (AvgIpc) is 2.56. The molecule has 0 saturated carbocycles. The van der Waals surface area contributed by atoms with Gasteiger partial charge in [0.05, 0.1) is 5.69 Å². The van der Waals surface area contributed by atoms with Crippen LogP contribution < -0.4 is 10.2 Å². The van der Waals surface area contributed by atoms with Crippen LogP contribution in [-0.2, 0) is 4.79 Å². The Morgan fingerprint density at radius 1 is 1.19 bits per heavy atom. The molecule has 1 aromatic rings. The lowest BCUT2D eigenvalue weighted by Gasteiger charge is -2.14. The number of urea groups is 1. The van der Waals surface area contributed by atoms with Crippen LogP contribution in [0.5, 0.6) is 0 Å². The van der Waals surface area contributed by atoms with Crippen LogP contribution in [0.3, 0.4) is 0 Å². The van der Waals surface area contributed by atoms with Crippen LogP contribution in [0.2, 0.25) is 0 Å². The van der Waals surface area contributed by atoms with Gasteiger partial charge in [0.25, 0.3) is 5.91 Å². The van der Waals surface area contributed by atoms with Crippen molar-refractivity contribution >= 4 is 17.6 Å². The third kappa shape index (κ3) is 1.66. The summed E-state index contributed by atoms with van der Waals surface area (Å²) >= 11 is 0. The normalized spacial score (nSPS) is 20.4. The van der Waals surface area contributed by atoms with E-state index in [0.29, 0.717) is 5.69 Å². The van der Waals surface area contributed by atoms with Gasteiger partial charge >= 0.3 is 6.03 Å². The highest BCUT2D eigenvalue weighted by atomic mass is 16.2. The molecule has 3 amide bonds. The van der Waals surface area contributed by atoms with Crippen LogP contribution in [0.15, 0.2) is 30.3 Å². The molecule has 1 aliphatic heterocycles. The first kappa shape index (κ1) is 10.7. The number of hydrogen-bond acceptors (Lipinski definition) is 2. The van der Waals surface area contributed by atoms with Crippen molar-refractivity contribution in [1.82, 2.24) is 5.32 Å². The lowest BCUT2D eigenvalue weighted by atomic mass is 10.1. The van der Waals surface area contributed by atoms with E-state index in [-0.39, 0.29) is 17.9 Å². The number of nitrogens with one attached hydrogen (secondary N) is 1. The first-order valence-electron chi connectivity index (χ1n) is 5.31. The van der Waals surface area contributed by atoms with Gasteiger partial charge in [-0.05, 0) is 18.1 Å². The van der Waals surface area contributed by atoms with Crippen molar-refractivity contribution in [1.29, 1.82) is 0 Å². The van der Waals surface area contributed by atoms with E-state index in [1.807, 2.05) is 19.9 Å². The number of carbonyl (C=O) groups is 2. The van der Waals surface area contributed by atoms with Gasteiger partial charge in [-0.15, -0.1) is 0 Å². The van der Waals surface area contributed by atoms with Gasteiger partial charge < -0.3 is 5.32 Å². The van der Waals surface area contributed by atoms with Crippen molar-refractivity contribution in [2.45, 2.75) is 19.9 Å². The summed E-state index contributed by atoms with van der Waals surface area (Å²) < 4.78 is 0. The van der Waals surface area contributed by atoms with Crippen LogP contribution in [-0.4, -0.2) is 18.0 Å². The Balaban J connectivity index is 2.30. The Hall–Kier alpha value is -1.84. The first-order valence-corrected chi connectivity index (χ1v) is 5.31. The molecular formula is C12H14N2O2. The van der Waals surface area contributed by atoms with Crippen LogP contribution in [0.25, 0.3) is 0 Å². The minimum Gasteiger partial charge on any atom is -0.325 e. The van der Waals surface area contributed by atoms with E-state index < -0.39 is 6.04 Å². The second kappa shape index (κ2) is 3.96. The molecule has 0 spiro atoms. The Labute approximate surface area is 94.2 Å². The highest BCUT2D eigenvalue weighted by molar-refractivity contribution is 6.21. The number of hydrogen-bond donors (Lipinski definition) is 1. The molecule has 4 nitrogen and oxygen atoms in total. The highest BCUT2D eigenvalue weighted by Gasteiger charge is 2.40. The molecule has 0 radical (unpaired) electrons. The Morgan fingerprint density at radius 2 is 1.81 bits per heavy atom. The van der Waals surface area contributed by atoms with Crippen LogP contribution in [0, 0.1) is 5.92 Å². The van der Waals surface area contributed by atoms with E-state index in [1.54, 1.807) is 24.3 Å². The second-order valence-corrected chi connectivity index (χ2v) is 4.18. The monoisotopic (exact) mass is 218 g/mol. The maximum atomic E-state index is 12.0. The molecule has 0 aromatic heterocycles. The van der Waals surface area contributed by atoms with Gasteiger partial charge in [-0.3, -0.25) is 4.79 Å². The number of amides is 3. The largest absolute Gasteiger partial charge is 0.329 e. The average molecular weight is 218 g/mol. The topological polar surface area (TPSA) is 49.4 Å². The molecule has 2 rings (SSSR count). The molecule has 1 aliphatic rings. The second-order valence-electron chi connectivity index (χ2n) is 4.18. The number of rotatable bonds is 2. The van der Waals surface area contributed by atoms with Crippen molar-refractivity contribution in [2.75, 3.05) is 4.90 Å². The molecule has 0 unspecified atom stereocenters. The Kier molecular flexibility index (Phi) is 2.64. The van der Waals surface area contributed by atoms with Gasteiger partial charge in [-0.25, -0.2) is 9.69 Å². The van der Waals surface area contributed by atoms with Crippen molar-refractivity contribution in [2.24, 2.45) is 5.92 Å². The Morgan fingerprint density at radius 3 is 2.31 bits per heavy atom. The molecule has 84 valence electrons. The van der Waals surface area contributed by atoms with E-state index in [1.165, 1.54) is 4.90 Å². The fraction of sp³-hybridized carbons (Fsp3) is 0.333. The summed E-state index contributed by atoms with van der Waals surface area (Å²) in [5, 5.41) is 2.69. The molecular weight excluding hydrogens is 204 g/mol. The molecule has 0 bridgehead atoms. The summed E-state index contributed by atoms with van der Waals surface area (Å²) in [6.07, 6.45) is 0. The predicted molar refractivity (Wildman–Crippen MR) is 61.1 cm³/mol. The van der Waals surface area contributed by atoms with Crippen molar-refractivity contribution < 1.29 is 9.59 Å². The summed E-state index contributed by atoms with van der Waals surface area (Å²) in [6, 6.07) is 8.21. The molecule has 1 fully saturated rings. The smallest absolute Gasteiger partial charge is 0.325 e. The molecule has 1 aromatic carbocycles. The van der Waals surface area contributed by atoms with Crippen LogP contribution in [0.4, 0.5) is 10.5 Å². The molecule has 1 saturated heterocycles. The maximum Gasteiger partial charge on any atom is 0.329 e. The van der Waals surface area contributed by atoms with E-state index in [0.717, 1.165) is 0 Å². The fourth-order valence-electron chi connectivity index (χ4n) is 1.77. The summed E-state index contributed by atoms with van der Waals surface area (Å²) in [4.78, 5) is 24.9. The molecule has 1 heterocycles. The predicted octanol–water partition coefficient (Wildman–Crippen LogP) is 1.77. The van der Waals surface area contributed by atoms with E-state index in [9.17, 15) is 9.59 Å². The minimum absolute atomic E-state index is 0.102. The van der Waals surface area contributed by atoms with E-state index in [2.05, 4.69) is 5.32 Å². The molecule has 16 heavy (non-hydrogen) atoms. The van der Waals surface area contributed by atoms with E-state index >= 15 is 0 Å². The fourth-order valence-corrected chi connectivity index (χ4v) is 1.77. The van der Waals surface area contributed by atoms with Gasteiger partial charge in [-0.1, -0.05) is 32.0 Å². The molecule has 4 heteroatoms. The zero-order valence-electron chi connectivity index (χ0n) is 9.31. The zero-order chi connectivity index (χ0) is 11.7. The van der Waals surface area contributed by atoms with Crippen LogP contribution >= 0.6 is 0 Å². The number of carbonyl (C=O) groups excluding carboxylic acids is 2. The summed E-state index contributed by atoms with van der Waals surface area (Å²) in [5.41, 5.74) is 0.619. The van der Waals surface area contributed by atoms with Gasteiger partial charge in [0, 0.05) is 0 Å². The highest BCUT2D eigenvalue weighted by Crippen LogP contribution is 2.21. The number of para-hydroxylation sites is 1. The third-order valence-corrected chi connectivity index (χ3v) is 2.65. The van der Waals surface area contributed by atoms with Gasteiger partial charge in [0.15, 0.2) is 0 Å². The summed E-state index contributed by atoms with van der Waals surface area (Å²) in [6.45, 7) is 3.83. The lowest BCUT2D eigenvalue weighted by molar-refractivity contribution is -0.119. The van der Waals surface area contributed by atoms with Crippen molar-refractivity contribution in [3.63, 3.8) is 0 Å². The number of anilines is 1. The summed E-state index contributed by atoms with van der Waals surface area (Å²) in [7, 11) is 0. The van der Waals surface area contributed by atoms with Crippen molar-refractivity contribution in [3.8, 4) is 0 Å². The van der Waals surface area contributed by atoms with E-state index in [4.69, 9.17) is 0 Å². The third-order valence-electron chi connectivity index (χ3n) is 2.65.